The van der Waals surface area contributed by atoms with Crippen LogP contribution in [0.5, 0.6) is 0 Å². The van der Waals surface area contributed by atoms with Crippen molar-refractivity contribution >= 4 is 29.4 Å². The van der Waals surface area contributed by atoms with Gasteiger partial charge in [0.05, 0.1) is 5.69 Å². The highest BCUT2D eigenvalue weighted by atomic mass is 32.2. The summed E-state index contributed by atoms with van der Waals surface area (Å²) in [4.78, 5) is 24.6. The van der Waals surface area contributed by atoms with Crippen molar-refractivity contribution in [2.45, 2.75) is 49.7 Å². The molecular formula is C18H27N3O2S. The largest absolute Gasteiger partial charge is 0.354 e. The van der Waals surface area contributed by atoms with Crippen LogP contribution in [0.15, 0.2) is 29.2 Å². The second-order valence-electron chi connectivity index (χ2n) is 6.35. The molecule has 6 heteroatoms. The lowest BCUT2D eigenvalue weighted by Gasteiger charge is -2.14. The normalized spacial score (nSPS) is 14.6. The molecule has 1 aromatic carbocycles. The van der Waals surface area contributed by atoms with E-state index in [9.17, 15) is 9.59 Å². The lowest BCUT2D eigenvalue weighted by molar-refractivity contribution is -0.123. The zero-order valence-corrected chi connectivity index (χ0v) is 15.2. The van der Waals surface area contributed by atoms with Crippen molar-refractivity contribution in [1.29, 1.82) is 0 Å². The molecule has 3 amide bonds. The Bertz CT molecular complexity index is 557. The first-order chi connectivity index (χ1) is 11.6. The second kappa shape index (κ2) is 9.57. The van der Waals surface area contributed by atoms with Gasteiger partial charge >= 0.3 is 6.03 Å². The maximum absolute atomic E-state index is 12.0. The van der Waals surface area contributed by atoms with Gasteiger partial charge in [0, 0.05) is 29.2 Å². The predicted molar refractivity (Wildman–Crippen MR) is 99.4 cm³/mol. The summed E-state index contributed by atoms with van der Waals surface area (Å²) < 4.78 is 0. The Morgan fingerprint density at radius 3 is 2.50 bits per heavy atom. The van der Waals surface area contributed by atoms with Crippen LogP contribution in [0.2, 0.25) is 0 Å². The summed E-state index contributed by atoms with van der Waals surface area (Å²) in [5.74, 6) is -0.0474. The van der Waals surface area contributed by atoms with Crippen LogP contribution in [-0.4, -0.2) is 30.3 Å². The third-order valence-corrected chi connectivity index (χ3v) is 5.38. The van der Waals surface area contributed by atoms with Gasteiger partial charge in [-0.25, -0.2) is 4.79 Å². The number of nitrogens with one attached hydrogen (secondary N) is 3. The van der Waals surface area contributed by atoms with E-state index in [1.54, 1.807) is 0 Å². The lowest BCUT2D eigenvalue weighted by atomic mass is 10.2. The monoisotopic (exact) mass is 349 g/mol. The zero-order valence-electron chi connectivity index (χ0n) is 14.4. The highest BCUT2D eigenvalue weighted by Crippen LogP contribution is 2.37. The van der Waals surface area contributed by atoms with E-state index in [4.69, 9.17) is 0 Å². The molecular weight excluding hydrogens is 322 g/mol. The van der Waals surface area contributed by atoms with Crippen LogP contribution in [0.4, 0.5) is 10.5 Å². The van der Waals surface area contributed by atoms with E-state index >= 15 is 0 Å². The standard InChI is InChI=1S/C18H27N3O2S/c1-13(2)17(22)19-11-12-20-18(23)21-15-9-5-6-10-16(15)24-14-7-3-4-8-14/h5-6,9-10,13-14H,3-4,7-8,11-12H2,1-2H3,(H,19,22)(H2,20,21,23). The van der Waals surface area contributed by atoms with Gasteiger partial charge in [0.2, 0.25) is 5.91 Å². The fourth-order valence-electron chi connectivity index (χ4n) is 2.59. The molecule has 0 saturated heterocycles. The van der Waals surface area contributed by atoms with Crippen LogP contribution in [-0.2, 0) is 4.79 Å². The number of anilines is 1. The first-order valence-corrected chi connectivity index (χ1v) is 9.52. The van der Waals surface area contributed by atoms with Crippen molar-refractivity contribution < 1.29 is 9.59 Å². The lowest BCUT2D eigenvalue weighted by Crippen LogP contribution is -2.38. The quantitative estimate of drug-likeness (QED) is 0.659. The van der Waals surface area contributed by atoms with E-state index < -0.39 is 0 Å². The molecule has 3 N–H and O–H groups in total. The zero-order chi connectivity index (χ0) is 17.4. The number of amides is 3. The number of para-hydroxylation sites is 1. The molecule has 132 valence electrons. The number of carbonyl (C=O) groups is 2. The van der Waals surface area contributed by atoms with E-state index in [0.717, 1.165) is 10.6 Å². The summed E-state index contributed by atoms with van der Waals surface area (Å²) in [6, 6.07) is 7.67. The Morgan fingerprint density at radius 2 is 1.79 bits per heavy atom. The molecule has 0 aliphatic heterocycles. The number of hydrogen-bond acceptors (Lipinski definition) is 3. The van der Waals surface area contributed by atoms with E-state index in [1.165, 1.54) is 25.7 Å². The van der Waals surface area contributed by atoms with Crippen molar-refractivity contribution in [3.63, 3.8) is 0 Å². The first kappa shape index (κ1) is 18.6. The van der Waals surface area contributed by atoms with Gasteiger partial charge < -0.3 is 16.0 Å². The average Bonchev–Trinajstić information content (AvgIpc) is 3.06. The summed E-state index contributed by atoms with van der Waals surface area (Å²) in [5.41, 5.74) is 0.845. The van der Waals surface area contributed by atoms with Gasteiger partial charge in [0.1, 0.15) is 0 Å². The van der Waals surface area contributed by atoms with Crippen LogP contribution in [0, 0.1) is 5.92 Å². The molecule has 0 bridgehead atoms. The maximum atomic E-state index is 12.0. The molecule has 0 spiro atoms. The van der Waals surface area contributed by atoms with Crippen molar-refractivity contribution in [1.82, 2.24) is 10.6 Å². The van der Waals surface area contributed by atoms with Gasteiger partial charge in [-0.15, -0.1) is 11.8 Å². The molecule has 0 atom stereocenters. The molecule has 0 unspecified atom stereocenters. The SMILES string of the molecule is CC(C)C(=O)NCCNC(=O)Nc1ccccc1SC1CCCC1. The van der Waals surface area contributed by atoms with Gasteiger partial charge in [-0.3, -0.25) is 4.79 Å². The van der Waals surface area contributed by atoms with Crippen molar-refractivity contribution in [3.8, 4) is 0 Å². The Kier molecular flexibility index (Phi) is 7.43. The summed E-state index contributed by atoms with van der Waals surface area (Å²) in [7, 11) is 0. The molecule has 24 heavy (non-hydrogen) atoms. The minimum absolute atomic E-state index is 0.00415. The molecule has 0 heterocycles. The van der Waals surface area contributed by atoms with Crippen LogP contribution < -0.4 is 16.0 Å². The Balaban J connectivity index is 1.77. The second-order valence-corrected chi connectivity index (χ2v) is 7.69. The van der Waals surface area contributed by atoms with Gasteiger partial charge in [-0.2, -0.15) is 0 Å². The Morgan fingerprint density at radius 1 is 1.12 bits per heavy atom. The smallest absolute Gasteiger partial charge is 0.319 e. The number of benzene rings is 1. The molecule has 1 fully saturated rings. The molecule has 0 radical (unpaired) electrons. The number of rotatable bonds is 7. The average molecular weight is 350 g/mol. The first-order valence-electron chi connectivity index (χ1n) is 8.64. The number of carbonyl (C=O) groups excluding carboxylic acids is 2. The van der Waals surface area contributed by atoms with E-state index in [0.29, 0.717) is 18.3 Å². The molecule has 1 aliphatic carbocycles. The van der Waals surface area contributed by atoms with Crippen molar-refractivity contribution in [3.05, 3.63) is 24.3 Å². The van der Waals surface area contributed by atoms with Gasteiger partial charge in [-0.05, 0) is 25.0 Å². The molecule has 1 aliphatic rings. The number of hydrogen-bond donors (Lipinski definition) is 3. The van der Waals surface area contributed by atoms with Gasteiger partial charge in [-0.1, -0.05) is 38.8 Å². The Labute approximate surface area is 148 Å². The van der Waals surface area contributed by atoms with Crippen LogP contribution >= 0.6 is 11.8 Å². The predicted octanol–water partition coefficient (Wildman–Crippen LogP) is 3.62. The van der Waals surface area contributed by atoms with Crippen molar-refractivity contribution in [2.75, 3.05) is 18.4 Å². The third kappa shape index (κ3) is 6.07. The molecule has 0 aromatic heterocycles. The number of urea groups is 1. The number of thioether (sulfide) groups is 1. The summed E-state index contributed by atoms with van der Waals surface area (Å²) in [6.07, 6.45) is 5.10. The maximum Gasteiger partial charge on any atom is 0.319 e. The van der Waals surface area contributed by atoms with Crippen molar-refractivity contribution in [2.24, 2.45) is 5.92 Å². The van der Waals surface area contributed by atoms with Gasteiger partial charge in [0.25, 0.3) is 0 Å². The molecule has 1 saturated carbocycles. The summed E-state index contributed by atoms with van der Waals surface area (Å²) >= 11 is 1.86. The summed E-state index contributed by atoms with van der Waals surface area (Å²) in [6.45, 7) is 4.52. The van der Waals surface area contributed by atoms with Crippen LogP contribution in [0.1, 0.15) is 39.5 Å². The highest BCUT2D eigenvalue weighted by Gasteiger charge is 2.18. The fourth-order valence-corrected chi connectivity index (χ4v) is 3.92. The van der Waals surface area contributed by atoms with Gasteiger partial charge in [0.15, 0.2) is 0 Å². The molecule has 1 aromatic rings. The van der Waals surface area contributed by atoms with E-state index in [1.807, 2.05) is 43.8 Å². The van der Waals surface area contributed by atoms with Crippen LogP contribution in [0.25, 0.3) is 0 Å². The minimum Gasteiger partial charge on any atom is -0.354 e. The molecule has 5 nitrogen and oxygen atoms in total. The summed E-state index contributed by atoms with van der Waals surface area (Å²) in [5, 5.41) is 9.11. The Hall–Kier alpha value is -1.69. The highest BCUT2D eigenvalue weighted by molar-refractivity contribution is 8.00. The van der Waals surface area contributed by atoms with E-state index in [-0.39, 0.29) is 17.9 Å². The molecule has 2 rings (SSSR count). The fraction of sp³-hybridized carbons (Fsp3) is 0.556. The third-order valence-electron chi connectivity index (χ3n) is 3.97. The topological polar surface area (TPSA) is 70.2 Å². The van der Waals surface area contributed by atoms with E-state index in [2.05, 4.69) is 22.0 Å². The van der Waals surface area contributed by atoms with Crippen LogP contribution in [0.3, 0.4) is 0 Å². The minimum atomic E-state index is -0.242.